The second-order valence-corrected chi connectivity index (χ2v) is 4.09. The predicted octanol–water partition coefficient (Wildman–Crippen LogP) is 0.365. The van der Waals surface area contributed by atoms with Gasteiger partial charge in [0.25, 0.3) is 5.91 Å². The third kappa shape index (κ3) is 5.65. The van der Waals surface area contributed by atoms with Crippen LogP contribution in [0.5, 0.6) is 0 Å². The van der Waals surface area contributed by atoms with Crippen LogP contribution < -0.4 is 16.4 Å². The summed E-state index contributed by atoms with van der Waals surface area (Å²) >= 11 is 0. The zero-order valence-electron chi connectivity index (χ0n) is 11.0. The Labute approximate surface area is 102 Å². The molecule has 3 amide bonds. The summed E-state index contributed by atoms with van der Waals surface area (Å²) in [4.78, 5) is 22.4. The molecule has 0 rings (SSSR count). The van der Waals surface area contributed by atoms with Gasteiger partial charge in [0.2, 0.25) is 0 Å². The van der Waals surface area contributed by atoms with Gasteiger partial charge in [0.05, 0.1) is 6.61 Å². The minimum Gasteiger partial charge on any atom is -0.367 e. The number of nitrogens with one attached hydrogen (secondary N) is 2. The van der Waals surface area contributed by atoms with E-state index in [0.29, 0.717) is 6.61 Å². The highest BCUT2D eigenvalue weighted by Crippen LogP contribution is 2.12. The first kappa shape index (κ1) is 15.9. The molecule has 0 heterocycles. The lowest BCUT2D eigenvalue weighted by molar-refractivity contribution is -0.131. The van der Waals surface area contributed by atoms with Crippen LogP contribution in [-0.4, -0.2) is 37.2 Å². The molecule has 0 saturated heterocycles. The van der Waals surface area contributed by atoms with Gasteiger partial charge in [-0.3, -0.25) is 10.1 Å². The van der Waals surface area contributed by atoms with Crippen LogP contribution in [0.3, 0.4) is 0 Å². The minimum atomic E-state index is -0.701. The van der Waals surface area contributed by atoms with E-state index in [1.165, 1.54) is 7.05 Å². The first-order valence-corrected chi connectivity index (χ1v) is 5.81. The van der Waals surface area contributed by atoms with Crippen LogP contribution in [0, 0.1) is 0 Å². The fourth-order valence-corrected chi connectivity index (χ4v) is 1.10. The molecular weight excluding hydrogens is 222 g/mol. The van der Waals surface area contributed by atoms with Gasteiger partial charge in [-0.15, -0.1) is 0 Å². The number of hydrogen-bond donors (Lipinski definition) is 3. The Hall–Kier alpha value is -1.14. The van der Waals surface area contributed by atoms with Gasteiger partial charge in [-0.1, -0.05) is 13.8 Å². The van der Waals surface area contributed by atoms with E-state index in [9.17, 15) is 9.59 Å². The molecule has 0 saturated carbocycles. The molecule has 17 heavy (non-hydrogen) atoms. The zero-order chi connectivity index (χ0) is 13.5. The van der Waals surface area contributed by atoms with Crippen molar-refractivity contribution >= 4 is 11.9 Å². The molecule has 1 unspecified atom stereocenters. The maximum atomic E-state index is 11.5. The number of carbonyl (C=O) groups is 2. The molecular formula is C11H23N3O3. The van der Waals surface area contributed by atoms with E-state index in [1.807, 2.05) is 13.8 Å². The summed E-state index contributed by atoms with van der Waals surface area (Å²) in [6, 6.07) is -0.546. The molecule has 6 nitrogen and oxygen atoms in total. The average molecular weight is 245 g/mol. The lowest BCUT2D eigenvalue weighted by Gasteiger charge is -2.27. The normalized spacial score (nSPS) is 13.0. The fraction of sp³-hybridized carbons (Fsp3) is 0.818. The SMILES string of the molecule is CCC(N)(CC)COC(C)C(=O)NC(=O)NC. The van der Waals surface area contributed by atoms with Crippen molar-refractivity contribution in [1.29, 1.82) is 0 Å². The lowest BCUT2D eigenvalue weighted by Crippen LogP contribution is -2.47. The van der Waals surface area contributed by atoms with E-state index in [1.54, 1.807) is 6.92 Å². The smallest absolute Gasteiger partial charge is 0.321 e. The molecule has 0 aliphatic carbocycles. The van der Waals surface area contributed by atoms with Crippen LogP contribution in [-0.2, 0) is 9.53 Å². The molecule has 1 atom stereocenters. The number of amides is 3. The Kier molecular flexibility index (Phi) is 6.75. The fourth-order valence-electron chi connectivity index (χ4n) is 1.10. The number of rotatable bonds is 6. The third-order valence-electron chi connectivity index (χ3n) is 2.86. The second kappa shape index (κ2) is 7.24. The summed E-state index contributed by atoms with van der Waals surface area (Å²) in [5, 5.41) is 4.44. The Morgan fingerprint density at radius 3 is 2.29 bits per heavy atom. The standard InChI is InChI=1S/C11H23N3O3/c1-5-11(12,6-2)7-17-8(3)9(15)14-10(16)13-4/h8H,5-7,12H2,1-4H3,(H2,13,14,15,16). The predicted molar refractivity (Wildman–Crippen MR) is 65.5 cm³/mol. The Morgan fingerprint density at radius 2 is 1.88 bits per heavy atom. The highest BCUT2D eigenvalue weighted by molar-refractivity contribution is 5.96. The highest BCUT2D eigenvalue weighted by atomic mass is 16.5. The molecule has 0 bridgehead atoms. The van der Waals surface area contributed by atoms with E-state index >= 15 is 0 Å². The summed E-state index contributed by atoms with van der Waals surface area (Å²) in [7, 11) is 1.44. The highest BCUT2D eigenvalue weighted by Gasteiger charge is 2.24. The Bertz CT molecular complexity index is 265. The van der Waals surface area contributed by atoms with E-state index in [-0.39, 0.29) is 0 Å². The number of carbonyl (C=O) groups excluding carboxylic acids is 2. The topological polar surface area (TPSA) is 93.4 Å². The van der Waals surface area contributed by atoms with Crippen molar-refractivity contribution in [1.82, 2.24) is 10.6 Å². The zero-order valence-corrected chi connectivity index (χ0v) is 11.0. The monoisotopic (exact) mass is 245 g/mol. The number of urea groups is 1. The summed E-state index contributed by atoms with van der Waals surface area (Å²) in [5.41, 5.74) is 5.62. The Morgan fingerprint density at radius 1 is 1.35 bits per heavy atom. The van der Waals surface area contributed by atoms with Crippen molar-refractivity contribution in [3.63, 3.8) is 0 Å². The van der Waals surface area contributed by atoms with Gasteiger partial charge in [-0.25, -0.2) is 4.79 Å². The molecule has 0 aromatic rings. The quantitative estimate of drug-likeness (QED) is 0.630. The summed E-state index contributed by atoms with van der Waals surface area (Å²) < 4.78 is 5.38. The van der Waals surface area contributed by atoms with Crippen LogP contribution in [0.2, 0.25) is 0 Å². The van der Waals surface area contributed by atoms with Crippen molar-refractivity contribution in [3.8, 4) is 0 Å². The molecule has 6 heteroatoms. The molecule has 100 valence electrons. The van der Waals surface area contributed by atoms with E-state index in [0.717, 1.165) is 12.8 Å². The molecule has 0 aromatic heterocycles. The summed E-state index contributed by atoms with van der Waals surface area (Å²) in [6.45, 7) is 5.83. The number of imide groups is 1. The molecule has 0 aromatic carbocycles. The molecule has 0 aliphatic rings. The molecule has 0 radical (unpaired) electrons. The van der Waals surface area contributed by atoms with Crippen molar-refractivity contribution < 1.29 is 14.3 Å². The lowest BCUT2D eigenvalue weighted by atomic mass is 9.95. The van der Waals surface area contributed by atoms with Crippen LogP contribution in [0.4, 0.5) is 4.79 Å². The number of nitrogens with two attached hydrogens (primary N) is 1. The van der Waals surface area contributed by atoms with Crippen molar-refractivity contribution in [2.24, 2.45) is 5.73 Å². The van der Waals surface area contributed by atoms with Gasteiger partial charge < -0.3 is 15.8 Å². The Balaban J connectivity index is 4.13. The third-order valence-corrected chi connectivity index (χ3v) is 2.86. The minimum absolute atomic E-state index is 0.294. The van der Waals surface area contributed by atoms with Gasteiger partial charge in [0, 0.05) is 12.6 Å². The molecule has 4 N–H and O–H groups in total. The van der Waals surface area contributed by atoms with Gasteiger partial charge in [-0.2, -0.15) is 0 Å². The van der Waals surface area contributed by atoms with E-state index < -0.39 is 23.6 Å². The van der Waals surface area contributed by atoms with Gasteiger partial charge in [0.15, 0.2) is 0 Å². The first-order valence-electron chi connectivity index (χ1n) is 5.81. The second-order valence-electron chi connectivity index (χ2n) is 4.09. The molecule has 0 spiro atoms. The van der Waals surface area contributed by atoms with Gasteiger partial charge in [0.1, 0.15) is 6.10 Å². The van der Waals surface area contributed by atoms with Crippen molar-refractivity contribution in [3.05, 3.63) is 0 Å². The van der Waals surface area contributed by atoms with Crippen molar-refractivity contribution in [2.45, 2.75) is 45.3 Å². The van der Waals surface area contributed by atoms with Crippen LogP contribution in [0.1, 0.15) is 33.6 Å². The number of ether oxygens (including phenoxy) is 1. The van der Waals surface area contributed by atoms with Crippen LogP contribution >= 0.6 is 0 Å². The largest absolute Gasteiger partial charge is 0.367 e. The molecule has 0 aliphatic heterocycles. The average Bonchev–Trinajstić information content (AvgIpc) is 2.35. The van der Waals surface area contributed by atoms with Gasteiger partial charge in [-0.05, 0) is 19.8 Å². The van der Waals surface area contributed by atoms with E-state index in [4.69, 9.17) is 10.5 Å². The maximum absolute atomic E-state index is 11.5. The summed E-state index contributed by atoms with van der Waals surface area (Å²) in [5.74, 6) is -0.473. The van der Waals surface area contributed by atoms with E-state index in [2.05, 4.69) is 10.6 Å². The molecule has 0 fully saturated rings. The maximum Gasteiger partial charge on any atom is 0.321 e. The summed E-state index contributed by atoms with van der Waals surface area (Å²) in [6.07, 6.45) is 0.842. The van der Waals surface area contributed by atoms with Gasteiger partial charge >= 0.3 is 6.03 Å². The number of hydrogen-bond acceptors (Lipinski definition) is 4. The first-order chi connectivity index (χ1) is 7.88. The van der Waals surface area contributed by atoms with Crippen LogP contribution in [0.25, 0.3) is 0 Å². The van der Waals surface area contributed by atoms with Crippen LogP contribution in [0.15, 0.2) is 0 Å². The van der Waals surface area contributed by atoms with Crippen molar-refractivity contribution in [2.75, 3.05) is 13.7 Å².